The van der Waals surface area contributed by atoms with Crippen LogP contribution in [0.15, 0.2) is 59.8 Å². The number of carbonyl (C=O) groups is 2. The van der Waals surface area contributed by atoms with Crippen molar-refractivity contribution in [2.75, 3.05) is 6.61 Å². The number of benzene rings is 1. The van der Waals surface area contributed by atoms with Crippen molar-refractivity contribution < 1.29 is 44.3 Å². The molecule has 140 valence electrons. The first kappa shape index (κ1) is 21.7. The van der Waals surface area contributed by atoms with E-state index in [4.69, 9.17) is 4.74 Å². The molecular weight excluding hydrogens is 426 g/mol. The summed E-state index contributed by atoms with van der Waals surface area (Å²) in [6.45, 7) is 2.03. The van der Waals surface area contributed by atoms with Gasteiger partial charge in [0, 0.05) is 12.1 Å². The number of sulfonamides is 1. The van der Waals surface area contributed by atoms with Crippen molar-refractivity contribution in [2.45, 2.75) is 18.4 Å². The predicted octanol–water partition coefficient (Wildman–Crippen LogP) is -2.84. The first-order valence-electron chi connectivity index (χ1n) is 7.44. The van der Waals surface area contributed by atoms with Gasteiger partial charge in [0.05, 0.1) is 17.1 Å². The number of rotatable bonds is 7. The Kier molecular flexibility index (Phi) is 8.36. The summed E-state index contributed by atoms with van der Waals surface area (Å²) in [4.78, 5) is 25.5. The van der Waals surface area contributed by atoms with E-state index in [0.717, 1.165) is 0 Å². The molecule has 0 bridgehead atoms. The molecule has 8 nitrogen and oxygen atoms in total. The zero-order chi connectivity index (χ0) is 18.3. The van der Waals surface area contributed by atoms with Crippen LogP contribution in [0.4, 0.5) is 0 Å². The molecule has 10 heteroatoms. The highest BCUT2D eigenvalue weighted by molar-refractivity contribution is 7.89. The average molecular weight is 444 g/mol. The molecule has 0 unspecified atom stereocenters. The van der Waals surface area contributed by atoms with E-state index >= 15 is 0 Å². The number of nitrogens with zero attached hydrogens (tertiary/aromatic N) is 1. The fourth-order valence-electron chi connectivity index (χ4n) is 1.91. The Balaban J connectivity index is 0.00000338. The molecule has 1 amide bonds. The minimum absolute atomic E-state index is 0. The molecular formula is C16H18BrN3O5S. The van der Waals surface area contributed by atoms with Crippen LogP contribution in [-0.2, 0) is 26.1 Å². The average Bonchev–Trinajstić information content (AvgIpc) is 2.61. The fourth-order valence-corrected chi connectivity index (χ4v) is 2.77. The first-order valence-corrected chi connectivity index (χ1v) is 8.92. The normalized spacial score (nSPS) is 10.5. The number of pyridine rings is 1. The number of halogens is 1. The number of esters is 1. The van der Waals surface area contributed by atoms with Gasteiger partial charge >= 0.3 is 5.97 Å². The van der Waals surface area contributed by atoms with Crippen LogP contribution in [0.5, 0.6) is 0 Å². The number of hydrogen-bond acceptors (Lipinski definition) is 5. The predicted molar refractivity (Wildman–Crippen MR) is 87.5 cm³/mol. The molecule has 0 radical (unpaired) electrons. The van der Waals surface area contributed by atoms with Gasteiger partial charge in [0.2, 0.25) is 6.54 Å². The Morgan fingerprint density at radius 1 is 1.08 bits per heavy atom. The van der Waals surface area contributed by atoms with E-state index in [1.807, 2.05) is 4.83 Å². The number of hydrazine groups is 1. The minimum Gasteiger partial charge on any atom is -1.00 e. The third-order valence-electron chi connectivity index (χ3n) is 3.12. The second-order valence-electron chi connectivity index (χ2n) is 4.94. The fraction of sp³-hybridized carbons (Fsp3) is 0.188. The highest BCUT2D eigenvalue weighted by Gasteiger charge is 2.16. The SMILES string of the molecule is CCOC(=O)C[n+]1ccc(C(=O)NNS(=O)(=O)c2ccccc2)cc1.[Br-]. The number of nitrogens with one attached hydrogen (secondary N) is 2. The van der Waals surface area contributed by atoms with Crippen LogP contribution in [0, 0.1) is 0 Å². The number of aromatic nitrogens is 1. The van der Waals surface area contributed by atoms with Crippen LogP contribution < -0.4 is 31.8 Å². The lowest BCUT2D eigenvalue weighted by molar-refractivity contribution is -0.686. The number of amides is 1. The first-order chi connectivity index (χ1) is 11.9. The van der Waals surface area contributed by atoms with E-state index in [-0.39, 0.29) is 40.0 Å². The van der Waals surface area contributed by atoms with Crippen molar-refractivity contribution in [1.82, 2.24) is 10.3 Å². The quantitative estimate of drug-likeness (QED) is 0.272. The van der Waals surface area contributed by atoms with Crippen LogP contribution in [0.2, 0.25) is 0 Å². The van der Waals surface area contributed by atoms with Crippen molar-refractivity contribution in [3.05, 3.63) is 60.4 Å². The molecule has 1 aromatic heterocycles. The van der Waals surface area contributed by atoms with Gasteiger partial charge in [-0.05, 0) is 19.1 Å². The maximum Gasteiger partial charge on any atom is 0.372 e. The Hall–Kier alpha value is -2.30. The Morgan fingerprint density at radius 3 is 2.27 bits per heavy atom. The highest BCUT2D eigenvalue weighted by atomic mass is 79.9. The highest BCUT2D eigenvalue weighted by Crippen LogP contribution is 2.06. The number of carbonyl (C=O) groups excluding carboxylic acids is 2. The van der Waals surface area contributed by atoms with Crippen molar-refractivity contribution in [1.29, 1.82) is 0 Å². The van der Waals surface area contributed by atoms with Gasteiger partial charge in [-0.3, -0.25) is 10.2 Å². The number of hydrogen-bond donors (Lipinski definition) is 2. The van der Waals surface area contributed by atoms with Crippen molar-refractivity contribution >= 4 is 21.9 Å². The summed E-state index contributed by atoms with van der Waals surface area (Å²) in [5.41, 5.74) is 2.37. The van der Waals surface area contributed by atoms with Gasteiger partial charge in [-0.15, -0.1) is 4.83 Å². The maximum absolute atomic E-state index is 12.0. The van der Waals surface area contributed by atoms with Gasteiger partial charge in [-0.1, -0.05) is 18.2 Å². The van der Waals surface area contributed by atoms with Gasteiger partial charge in [0.25, 0.3) is 15.9 Å². The Morgan fingerprint density at radius 2 is 1.69 bits per heavy atom. The summed E-state index contributed by atoms with van der Waals surface area (Å²) in [6.07, 6.45) is 3.05. The number of ether oxygens (including phenoxy) is 1. The van der Waals surface area contributed by atoms with Gasteiger partial charge in [0.15, 0.2) is 12.4 Å². The van der Waals surface area contributed by atoms with E-state index in [1.54, 1.807) is 29.7 Å². The molecule has 0 aliphatic rings. The third kappa shape index (κ3) is 6.21. The Bertz CT molecular complexity index is 842. The standard InChI is InChI=1S/C16H17N3O5S.BrH/c1-2-24-15(20)12-19-10-8-13(9-11-19)16(21)17-18-25(22,23)14-6-4-3-5-7-14;/h3-11,21H,2,12H2,1H3;1H. The van der Waals surface area contributed by atoms with Crippen LogP contribution in [0.3, 0.4) is 0 Å². The van der Waals surface area contributed by atoms with Gasteiger partial charge in [-0.2, -0.15) is 4.57 Å². The maximum atomic E-state index is 12.0. The lowest BCUT2D eigenvalue weighted by Crippen LogP contribution is -3.00. The largest absolute Gasteiger partial charge is 1.00 e. The zero-order valence-corrected chi connectivity index (χ0v) is 16.3. The second-order valence-corrected chi connectivity index (χ2v) is 6.62. The molecule has 0 saturated carbocycles. The second kappa shape index (κ2) is 10.00. The van der Waals surface area contributed by atoms with Crippen molar-refractivity contribution in [2.24, 2.45) is 0 Å². The molecule has 2 N–H and O–H groups in total. The molecule has 1 aromatic carbocycles. The van der Waals surface area contributed by atoms with Crippen molar-refractivity contribution in [3.63, 3.8) is 0 Å². The summed E-state index contributed by atoms with van der Waals surface area (Å²) in [5, 5.41) is 0. The lowest BCUT2D eigenvalue weighted by Gasteiger charge is -2.08. The van der Waals surface area contributed by atoms with E-state index < -0.39 is 15.9 Å². The molecule has 0 saturated heterocycles. The summed E-state index contributed by atoms with van der Waals surface area (Å²) < 4.78 is 30.4. The van der Waals surface area contributed by atoms with Crippen molar-refractivity contribution in [3.8, 4) is 0 Å². The van der Waals surface area contributed by atoms with E-state index in [9.17, 15) is 18.0 Å². The summed E-state index contributed by atoms with van der Waals surface area (Å²) in [5.74, 6) is -1.01. The smallest absolute Gasteiger partial charge is 0.372 e. The molecule has 0 fully saturated rings. The third-order valence-corrected chi connectivity index (χ3v) is 4.39. The van der Waals surface area contributed by atoms with Gasteiger partial charge < -0.3 is 21.7 Å². The lowest BCUT2D eigenvalue weighted by atomic mass is 10.2. The zero-order valence-electron chi connectivity index (χ0n) is 13.9. The molecule has 2 rings (SSSR count). The summed E-state index contributed by atoms with van der Waals surface area (Å²) >= 11 is 0. The van der Waals surface area contributed by atoms with E-state index in [0.29, 0.717) is 6.61 Å². The molecule has 0 aliphatic carbocycles. The Labute approximate surface area is 162 Å². The monoisotopic (exact) mass is 443 g/mol. The van der Waals surface area contributed by atoms with Crippen LogP contribution in [0.1, 0.15) is 17.3 Å². The molecule has 2 aromatic rings. The molecule has 0 atom stereocenters. The van der Waals surface area contributed by atoms with Gasteiger partial charge in [0.1, 0.15) is 0 Å². The van der Waals surface area contributed by atoms with Crippen LogP contribution in [0.25, 0.3) is 0 Å². The molecule has 0 aliphatic heterocycles. The van der Waals surface area contributed by atoms with E-state index in [1.165, 1.54) is 36.7 Å². The minimum atomic E-state index is -3.84. The molecule has 26 heavy (non-hydrogen) atoms. The summed E-state index contributed by atoms with van der Waals surface area (Å²) in [7, 11) is -3.84. The molecule has 0 spiro atoms. The summed E-state index contributed by atoms with van der Waals surface area (Å²) in [6, 6.07) is 10.6. The molecule has 1 heterocycles. The van der Waals surface area contributed by atoms with Crippen LogP contribution in [-0.4, -0.2) is 26.9 Å². The topological polar surface area (TPSA) is 105 Å². The van der Waals surface area contributed by atoms with Crippen LogP contribution >= 0.6 is 0 Å². The van der Waals surface area contributed by atoms with Gasteiger partial charge in [-0.25, -0.2) is 13.2 Å². The van der Waals surface area contributed by atoms with E-state index in [2.05, 4.69) is 5.43 Å².